The van der Waals surface area contributed by atoms with Crippen LogP contribution in [0.2, 0.25) is 0 Å². The molecule has 1 saturated carbocycles. The molecule has 8 amide bonds. The number of methoxy groups -OCH3 is 4. The van der Waals surface area contributed by atoms with Crippen LogP contribution in [0.4, 0.5) is 42.4 Å². The number of hydrogen-bond donors (Lipinski definition) is 10. The van der Waals surface area contributed by atoms with E-state index >= 15 is 0 Å². The van der Waals surface area contributed by atoms with Gasteiger partial charge in [0, 0.05) is 99.3 Å². The Hall–Kier alpha value is -13.4. The molecule has 17 rings (SSSR count). The molecular weight excluding hydrogens is 1720 g/mol. The average Bonchev–Trinajstić information content (AvgIpc) is 0.749. The summed E-state index contributed by atoms with van der Waals surface area (Å²) in [5.74, 6) is 4.56. The standard InChI is InChI=1S/C28H35N5O3.C26H33N5O3.2C25H31N5O3/c1-19-10-11-21(16-35-4)12-22(19)15-29-27(34)30-25-20(2)26(31-33(25)23-8-6-5-7-9-23)36-24-13-28(14-24)17-32(3)18-28;1-18-10-11-20(17-33-4)14-21(18)15-27-26(32)28-24-19(2)25(34-23-12-13-30(3)16-23)29-31(24)22-8-6-5-7-9-22;2*1-17-9-10-19(16-32-3)13-20(17)14-27-25(31)28-23-18(2)24(33-22-11-12-26-15-22)29-30(23)21-7-5-4-6-8-21/h5-12,24H,13-18H2,1-4H3,(H2,29,30,34);5-11,14,23H,12-13,15-17H2,1-4H3,(H2,27,28,32);2*4-10,13,22,26H,11-12,14-16H2,1-3H3,(H2,27,28,31)/t;23-;2*22-/m.110/s1. The zero-order valence-corrected chi connectivity index (χ0v) is 80.5. The Balaban J connectivity index is 0.000000145. The number of nitrogens with zero attached hydrogens (tertiary/aromatic N) is 10. The molecular formula is C104H130N20O12. The molecule has 1 aliphatic carbocycles. The van der Waals surface area contributed by atoms with Gasteiger partial charge in [-0.05, 0) is 230 Å². The molecule has 32 nitrogen and oxygen atoms in total. The lowest BCUT2D eigenvalue weighted by atomic mass is 9.62. The smallest absolute Gasteiger partial charge is 0.320 e. The van der Waals surface area contributed by atoms with Gasteiger partial charge in [-0.15, -0.1) is 20.4 Å². The van der Waals surface area contributed by atoms with Gasteiger partial charge in [0.05, 0.1) is 71.4 Å². The number of rotatable bonds is 32. The number of amides is 8. The number of hydrogen-bond acceptors (Lipinski definition) is 20. The first-order valence-corrected chi connectivity index (χ1v) is 46.4. The highest BCUT2D eigenvalue weighted by atomic mass is 16.5. The quantitative estimate of drug-likeness (QED) is 0.0187. The summed E-state index contributed by atoms with van der Waals surface area (Å²) in [6.45, 7) is 27.2. The van der Waals surface area contributed by atoms with Gasteiger partial charge in [-0.25, -0.2) is 37.9 Å². The Morgan fingerprint density at radius 1 is 0.353 bits per heavy atom. The van der Waals surface area contributed by atoms with E-state index in [0.29, 0.717) is 105 Å². The third-order valence-electron chi connectivity index (χ3n) is 24.9. The Morgan fingerprint density at radius 3 is 0.868 bits per heavy atom. The van der Waals surface area contributed by atoms with Crippen LogP contribution < -0.4 is 72.1 Å². The summed E-state index contributed by atoms with van der Waals surface area (Å²) >= 11 is 0. The number of carbonyl (C=O) groups excluding carboxylic acids is 4. The van der Waals surface area contributed by atoms with Gasteiger partial charge in [-0.3, -0.25) is 21.3 Å². The van der Waals surface area contributed by atoms with Gasteiger partial charge in [-0.2, -0.15) is 0 Å². The van der Waals surface area contributed by atoms with Gasteiger partial charge < -0.3 is 79.6 Å². The molecule has 5 fully saturated rings. The number of likely N-dealkylation sites (N-methyl/N-ethyl adjacent to an activating group) is 1. The van der Waals surface area contributed by atoms with Gasteiger partial charge in [-0.1, -0.05) is 146 Å². The molecule has 4 aliphatic heterocycles. The van der Waals surface area contributed by atoms with Gasteiger partial charge in [0.2, 0.25) is 23.5 Å². The zero-order chi connectivity index (χ0) is 95.8. The molecule has 3 atom stereocenters. The molecule has 8 aromatic carbocycles. The second-order valence-corrected chi connectivity index (χ2v) is 35.7. The minimum Gasteiger partial charge on any atom is -0.473 e. The molecule has 32 heteroatoms. The number of ether oxygens (including phenoxy) is 8. The van der Waals surface area contributed by atoms with Crippen molar-refractivity contribution < 1.29 is 57.1 Å². The van der Waals surface area contributed by atoms with E-state index in [-0.39, 0.29) is 48.5 Å². The van der Waals surface area contributed by atoms with Crippen molar-refractivity contribution in [2.45, 2.75) is 165 Å². The molecule has 1 spiro atoms. The molecule has 12 aromatic rings. The number of carbonyl (C=O) groups is 4. The van der Waals surface area contributed by atoms with Crippen molar-refractivity contribution in [3.63, 3.8) is 0 Å². The second kappa shape index (κ2) is 47.2. The van der Waals surface area contributed by atoms with Crippen LogP contribution in [0.15, 0.2) is 194 Å². The Bertz CT molecular complexity index is 5810. The van der Waals surface area contributed by atoms with Crippen molar-refractivity contribution in [3.05, 3.63) is 283 Å². The van der Waals surface area contributed by atoms with Gasteiger partial charge in [0.15, 0.2) is 0 Å². The van der Waals surface area contributed by atoms with Crippen LogP contribution in [0.5, 0.6) is 23.5 Å². The topological polar surface area (TPSA) is 340 Å². The van der Waals surface area contributed by atoms with Crippen LogP contribution in [0.3, 0.4) is 0 Å². The van der Waals surface area contributed by atoms with Crippen molar-refractivity contribution >= 4 is 47.4 Å². The molecule has 4 aromatic heterocycles. The van der Waals surface area contributed by atoms with E-state index < -0.39 is 0 Å². The van der Waals surface area contributed by atoms with Crippen LogP contribution in [-0.4, -0.2) is 192 Å². The van der Waals surface area contributed by atoms with Gasteiger partial charge in [0.25, 0.3) is 0 Å². The normalized spacial score (nSPS) is 15.9. The number of aromatic nitrogens is 8. The van der Waals surface area contributed by atoms with Crippen molar-refractivity contribution in [3.8, 4) is 46.3 Å². The highest BCUT2D eigenvalue weighted by Gasteiger charge is 2.52. The number of urea groups is 4. The van der Waals surface area contributed by atoms with E-state index in [4.69, 9.17) is 48.1 Å². The molecule has 5 aliphatic rings. The Kier molecular flexibility index (Phi) is 34.2. The number of aryl methyl sites for hydroxylation is 4. The lowest BCUT2D eigenvalue weighted by Gasteiger charge is -2.57. The highest BCUT2D eigenvalue weighted by molar-refractivity contribution is 5.92. The van der Waals surface area contributed by atoms with E-state index in [9.17, 15) is 19.2 Å². The Labute approximate surface area is 796 Å². The zero-order valence-electron chi connectivity index (χ0n) is 80.5. The lowest BCUT2D eigenvalue weighted by molar-refractivity contribution is -0.110. The summed E-state index contributed by atoms with van der Waals surface area (Å²) in [7, 11) is 10.9. The van der Waals surface area contributed by atoms with Crippen LogP contribution in [0.25, 0.3) is 22.7 Å². The maximum atomic E-state index is 13.0. The first-order chi connectivity index (χ1) is 65.9. The number of anilines is 4. The van der Waals surface area contributed by atoms with E-state index in [0.717, 1.165) is 196 Å². The van der Waals surface area contributed by atoms with Crippen molar-refractivity contribution in [2.24, 2.45) is 5.41 Å². The first-order valence-electron chi connectivity index (χ1n) is 46.4. The fraction of sp³-hybridized carbons (Fsp3) is 0.385. The minimum atomic E-state index is -0.305. The minimum absolute atomic E-state index is 0.0758. The van der Waals surface area contributed by atoms with Gasteiger partial charge in [0.1, 0.15) is 47.7 Å². The van der Waals surface area contributed by atoms with Crippen LogP contribution in [0, 0.1) is 60.8 Å². The number of nitrogens with one attached hydrogen (secondary N) is 10. The molecule has 0 radical (unpaired) electrons. The van der Waals surface area contributed by atoms with Crippen LogP contribution in [0.1, 0.15) is 121 Å². The predicted octanol–water partition coefficient (Wildman–Crippen LogP) is 15.9. The summed E-state index contributed by atoms with van der Waals surface area (Å²) in [5, 5.41) is 49.3. The largest absolute Gasteiger partial charge is 0.473 e. The molecule has 136 heavy (non-hydrogen) atoms. The molecule has 0 bridgehead atoms. The Morgan fingerprint density at radius 2 is 0.625 bits per heavy atom. The molecule has 4 saturated heterocycles. The third kappa shape index (κ3) is 26.0. The second-order valence-electron chi connectivity index (χ2n) is 35.7. The maximum Gasteiger partial charge on any atom is 0.320 e. The SMILES string of the molecule is COCc1ccc(C)c(CNC(=O)Nc2c(C)c(OC3CC4(C3)CN(C)C4)nn2-c2ccccc2)c1.COCc1ccc(C)c(CNC(=O)Nc2c(C)c(O[C@@H]3CCN(C)C3)nn2-c2ccccc2)c1.COCc1ccc(C)c(CNC(=O)Nc2c(C)c(O[C@@H]3CCNC3)nn2-c2ccccc2)c1.COCc1ccc(C)c(CNC(=O)Nc2c(C)c(O[C@H]3CCNC3)nn2-c2ccccc2)c1. The summed E-state index contributed by atoms with van der Waals surface area (Å²) in [4.78, 5) is 56.2. The summed E-state index contributed by atoms with van der Waals surface area (Å²) in [6, 6.07) is 62.3. The van der Waals surface area contributed by atoms with E-state index in [1.165, 1.54) is 0 Å². The lowest BCUT2D eigenvalue weighted by Crippen LogP contribution is -2.63. The molecule has 718 valence electrons. The summed E-state index contributed by atoms with van der Waals surface area (Å²) in [6.07, 6.45) is 5.34. The number of para-hydroxylation sites is 4. The van der Waals surface area contributed by atoms with E-state index in [1.807, 2.05) is 225 Å². The molecule has 8 heterocycles. The molecule has 10 N–H and O–H groups in total. The number of likely N-dealkylation sites (tertiary alicyclic amines) is 2. The van der Waals surface area contributed by atoms with Crippen LogP contribution >= 0.6 is 0 Å². The van der Waals surface area contributed by atoms with Gasteiger partial charge >= 0.3 is 24.1 Å². The third-order valence-corrected chi connectivity index (χ3v) is 24.9. The summed E-state index contributed by atoms with van der Waals surface area (Å²) < 4.78 is 52.6. The highest BCUT2D eigenvalue weighted by Crippen LogP contribution is 2.50. The van der Waals surface area contributed by atoms with E-state index in [2.05, 4.69) is 112 Å². The van der Waals surface area contributed by atoms with Crippen molar-refractivity contribution in [1.29, 1.82) is 0 Å². The predicted molar refractivity (Wildman–Crippen MR) is 528 cm³/mol. The fourth-order valence-electron chi connectivity index (χ4n) is 17.4. The van der Waals surface area contributed by atoms with E-state index in [1.54, 1.807) is 47.2 Å². The fourth-order valence-corrected chi connectivity index (χ4v) is 17.4. The monoisotopic (exact) mass is 1850 g/mol. The van der Waals surface area contributed by atoms with Crippen molar-refractivity contribution in [1.82, 2.24) is 80.8 Å². The average molecular weight is 1850 g/mol. The van der Waals surface area contributed by atoms with Crippen LogP contribution in [-0.2, 0) is 71.6 Å². The maximum absolute atomic E-state index is 13.0. The first kappa shape index (κ1) is 98.6. The van der Waals surface area contributed by atoms with Crippen molar-refractivity contribution in [2.75, 3.05) is 116 Å². The molecule has 0 unspecified atom stereocenters. The number of benzene rings is 8. The summed E-state index contributed by atoms with van der Waals surface area (Å²) in [5.41, 5.74) is 20.0.